The van der Waals surface area contributed by atoms with Gasteiger partial charge < -0.3 is 14.8 Å². The van der Waals surface area contributed by atoms with E-state index in [0.717, 1.165) is 0 Å². The van der Waals surface area contributed by atoms with Crippen LogP contribution in [0.5, 0.6) is 11.5 Å². The zero-order valence-corrected chi connectivity index (χ0v) is 12.7. The average Bonchev–Trinajstić information content (AvgIpc) is 2.47. The number of rotatable bonds is 5. The third-order valence-corrected chi connectivity index (χ3v) is 3.24. The smallest absolute Gasteiger partial charge is 0.262 e. The minimum absolute atomic E-state index is 0.185. The van der Waals surface area contributed by atoms with Gasteiger partial charge in [0.15, 0.2) is 12.4 Å². The summed E-state index contributed by atoms with van der Waals surface area (Å²) in [6.07, 6.45) is 0. The molecule has 2 aromatic carbocycles. The summed E-state index contributed by atoms with van der Waals surface area (Å²) in [6, 6.07) is 12.0. The monoisotopic (exact) mass is 325 g/mol. The van der Waals surface area contributed by atoms with Crippen LogP contribution in [-0.2, 0) is 4.79 Å². The summed E-state index contributed by atoms with van der Waals surface area (Å²) >= 11 is 11.9. The fourth-order valence-electron chi connectivity index (χ4n) is 1.63. The fourth-order valence-corrected chi connectivity index (χ4v) is 2.14. The zero-order chi connectivity index (χ0) is 15.2. The maximum Gasteiger partial charge on any atom is 0.262 e. The van der Waals surface area contributed by atoms with Gasteiger partial charge in [-0.2, -0.15) is 0 Å². The van der Waals surface area contributed by atoms with Gasteiger partial charge in [0.2, 0.25) is 0 Å². The lowest BCUT2D eigenvalue weighted by Crippen LogP contribution is -2.20. The maximum atomic E-state index is 11.8. The predicted octanol–water partition coefficient (Wildman–Crippen LogP) is 4.02. The highest BCUT2D eigenvalue weighted by molar-refractivity contribution is 6.37. The van der Waals surface area contributed by atoms with Gasteiger partial charge in [-0.3, -0.25) is 4.79 Å². The molecular formula is C15H13Cl2NO3. The molecule has 0 heterocycles. The molecule has 0 saturated carbocycles. The lowest BCUT2D eigenvalue weighted by Gasteiger charge is -2.10. The van der Waals surface area contributed by atoms with Crippen LogP contribution in [0.2, 0.25) is 10.0 Å². The van der Waals surface area contributed by atoms with Gasteiger partial charge in [-0.25, -0.2) is 0 Å². The van der Waals surface area contributed by atoms with Gasteiger partial charge in [0.05, 0.1) is 17.2 Å². The molecule has 6 heteroatoms. The van der Waals surface area contributed by atoms with Gasteiger partial charge in [-0.15, -0.1) is 0 Å². The first-order valence-electron chi connectivity index (χ1n) is 6.11. The van der Waals surface area contributed by atoms with E-state index in [1.807, 2.05) is 0 Å². The number of anilines is 1. The number of para-hydroxylation sites is 1. The van der Waals surface area contributed by atoms with E-state index in [1.54, 1.807) is 49.6 Å². The fraction of sp³-hybridized carbons (Fsp3) is 0.133. The number of amides is 1. The van der Waals surface area contributed by atoms with Crippen LogP contribution in [0, 0.1) is 0 Å². The Hall–Kier alpha value is -1.91. The molecule has 0 fully saturated rings. The van der Waals surface area contributed by atoms with Crippen LogP contribution >= 0.6 is 23.2 Å². The molecule has 0 aliphatic rings. The Morgan fingerprint density at radius 2 is 1.71 bits per heavy atom. The molecule has 0 saturated heterocycles. The normalized spacial score (nSPS) is 10.0. The van der Waals surface area contributed by atoms with Crippen molar-refractivity contribution in [3.63, 3.8) is 0 Å². The van der Waals surface area contributed by atoms with Crippen molar-refractivity contribution in [1.82, 2.24) is 0 Å². The molecule has 0 atom stereocenters. The molecule has 0 bridgehead atoms. The molecular weight excluding hydrogens is 313 g/mol. The SMILES string of the molecule is COc1ccc(NC(=O)COc2c(Cl)cccc2Cl)cc1. The van der Waals surface area contributed by atoms with Crippen LogP contribution < -0.4 is 14.8 Å². The van der Waals surface area contributed by atoms with Crippen molar-refractivity contribution in [2.75, 3.05) is 19.0 Å². The number of hydrogen-bond acceptors (Lipinski definition) is 3. The molecule has 0 aromatic heterocycles. The molecule has 0 radical (unpaired) electrons. The summed E-state index contributed by atoms with van der Waals surface area (Å²) in [5, 5.41) is 3.42. The van der Waals surface area contributed by atoms with Crippen molar-refractivity contribution in [2.45, 2.75) is 0 Å². The zero-order valence-electron chi connectivity index (χ0n) is 11.2. The number of halogens is 2. The second-order valence-electron chi connectivity index (χ2n) is 4.12. The van der Waals surface area contributed by atoms with Crippen molar-refractivity contribution in [3.8, 4) is 11.5 Å². The lowest BCUT2D eigenvalue weighted by atomic mass is 10.3. The maximum absolute atomic E-state index is 11.8. The number of ether oxygens (including phenoxy) is 2. The molecule has 2 rings (SSSR count). The summed E-state index contributed by atoms with van der Waals surface area (Å²) < 4.78 is 10.4. The second kappa shape index (κ2) is 7.20. The van der Waals surface area contributed by atoms with Crippen molar-refractivity contribution in [3.05, 3.63) is 52.5 Å². The second-order valence-corrected chi connectivity index (χ2v) is 4.93. The van der Waals surface area contributed by atoms with Crippen molar-refractivity contribution in [2.24, 2.45) is 0 Å². The summed E-state index contributed by atoms with van der Waals surface area (Å²) in [7, 11) is 1.58. The first-order valence-corrected chi connectivity index (χ1v) is 6.86. The number of carbonyl (C=O) groups excluding carboxylic acids is 1. The summed E-state index contributed by atoms with van der Waals surface area (Å²) in [5.74, 6) is 0.703. The van der Waals surface area contributed by atoms with Crippen LogP contribution in [0.25, 0.3) is 0 Å². The van der Waals surface area contributed by atoms with Crippen LogP contribution in [-0.4, -0.2) is 19.6 Å². The minimum atomic E-state index is -0.309. The quantitative estimate of drug-likeness (QED) is 0.903. The molecule has 2 aromatic rings. The topological polar surface area (TPSA) is 47.6 Å². The van der Waals surface area contributed by atoms with Crippen molar-refractivity contribution in [1.29, 1.82) is 0 Å². The third kappa shape index (κ3) is 4.28. The number of benzene rings is 2. The number of carbonyl (C=O) groups is 1. The summed E-state index contributed by atoms with van der Waals surface area (Å²) in [6.45, 7) is -0.185. The van der Waals surface area contributed by atoms with E-state index in [-0.39, 0.29) is 12.5 Å². The van der Waals surface area contributed by atoms with Gasteiger partial charge in [-0.05, 0) is 36.4 Å². The molecule has 1 amide bonds. The number of methoxy groups -OCH3 is 1. The van der Waals surface area contributed by atoms with Crippen molar-refractivity contribution >= 4 is 34.8 Å². The number of nitrogens with one attached hydrogen (secondary N) is 1. The Balaban J connectivity index is 1.92. The van der Waals surface area contributed by atoms with E-state index < -0.39 is 0 Å². The Bertz CT molecular complexity index is 609. The third-order valence-electron chi connectivity index (χ3n) is 2.64. The lowest BCUT2D eigenvalue weighted by molar-refractivity contribution is -0.118. The van der Waals surface area contributed by atoms with Gasteiger partial charge in [-0.1, -0.05) is 29.3 Å². The van der Waals surface area contributed by atoms with Crippen molar-refractivity contribution < 1.29 is 14.3 Å². The molecule has 0 aliphatic heterocycles. The standard InChI is InChI=1S/C15H13Cl2NO3/c1-20-11-7-5-10(6-8-11)18-14(19)9-21-15-12(16)3-2-4-13(15)17/h2-8H,9H2,1H3,(H,18,19). The van der Waals surface area contributed by atoms with E-state index in [1.165, 1.54) is 0 Å². The average molecular weight is 326 g/mol. The Labute approximate surface area is 132 Å². The molecule has 4 nitrogen and oxygen atoms in total. The predicted molar refractivity (Wildman–Crippen MR) is 83.6 cm³/mol. The van der Waals surface area contributed by atoms with E-state index >= 15 is 0 Å². The minimum Gasteiger partial charge on any atom is -0.497 e. The van der Waals surface area contributed by atoms with Crippen LogP contribution in [0.1, 0.15) is 0 Å². The molecule has 1 N–H and O–H groups in total. The molecule has 0 unspecified atom stereocenters. The summed E-state index contributed by atoms with van der Waals surface area (Å²) in [5.41, 5.74) is 0.648. The van der Waals surface area contributed by atoms with E-state index in [0.29, 0.717) is 27.2 Å². The highest BCUT2D eigenvalue weighted by Gasteiger charge is 2.09. The Kier molecular flexibility index (Phi) is 5.31. The highest BCUT2D eigenvalue weighted by Crippen LogP contribution is 2.32. The summed E-state index contributed by atoms with van der Waals surface area (Å²) in [4.78, 5) is 11.8. The Morgan fingerprint density at radius 1 is 1.10 bits per heavy atom. The van der Waals surface area contributed by atoms with E-state index in [4.69, 9.17) is 32.7 Å². The van der Waals surface area contributed by atoms with Gasteiger partial charge in [0.25, 0.3) is 5.91 Å². The highest BCUT2D eigenvalue weighted by atomic mass is 35.5. The van der Waals surface area contributed by atoms with E-state index in [2.05, 4.69) is 5.32 Å². The number of hydrogen-bond donors (Lipinski definition) is 1. The van der Waals surface area contributed by atoms with E-state index in [9.17, 15) is 4.79 Å². The molecule has 110 valence electrons. The Morgan fingerprint density at radius 3 is 2.29 bits per heavy atom. The van der Waals surface area contributed by atoms with Gasteiger partial charge in [0.1, 0.15) is 5.75 Å². The largest absolute Gasteiger partial charge is 0.497 e. The molecule has 0 aliphatic carbocycles. The first kappa shape index (κ1) is 15.5. The van der Waals surface area contributed by atoms with Crippen LogP contribution in [0.15, 0.2) is 42.5 Å². The molecule has 21 heavy (non-hydrogen) atoms. The van der Waals surface area contributed by atoms with Crippen LogP contribution in [0.3, 0.4) is 0 Å². The van der Waals surface area contributed by atoms with Crippen LogP contribution in [0.4, 0.5) is 5.69 Å². The van der Waals surface area contributed by atoms with Gasteiger partial charge >= 0.3 is 0 Å². The molecule has 0 spiro atoms. The first-order chi connectivity index (χ1) is 10.1. The van der Waals surface area contributed by atoms with Gasteiger partial charge in [0, 0.05) is 5.69 Å².